The number of carbonyl (C=O) groups excluding carboxylic acids is 1. The molecule has 0 heterocycles. The lowest BCUT2D eigenvalue weighted by Gasteiger charge is -2.22. The smallest absolute Gasteiger partial charge is 0.326 e. The van der Waals surface area contributed by atoms with Crippen molar-refractivity contribution in [3.8, 4) is 0 Å². The molecule has 0 aliphatic heterocycles. The first-order valence-corrected chi connectivity index (χ1v) is 6.21. The summed E-state index contributed by atoms with van der Waals surface area (Å²) in [5.74, 6) is -1.27. The Hall–Kier alpha value is -1.88. The average Bonchev–Trinajstić information content (AvgIpc) is 2.42. The van der Waals surface area contributed by atoms with Crippen molar-refractivity contribution in [2.24, 2.45) is 0 Å². The van der Waals surface area contributed by atoms with E-state index < -0.39 is 12.0 Å². The van der Waals surface area contributed by atoms with Crippen LogP contribution in [0.25, 0.3) is 0 Å². The Kier molecular flexibility index (Phi) is 5.51. The van der Waals surface area contributed by atoms with Crippen molar-refractivity contribution < 1.29 is 14.7 Å². The summed E-state index contributed by atoms with van der Waals surface area (Å²) in [6, 6.07) is 6.45. The van der Waals surface area contributed by atoms with Gasteiger partial charge < -0.3 is 15.3 Å². The molecule has 0 radical (unpaired) electrons. The summed E-state index contributed by atoms with van der Waals surface area (Å²) in [6.07, 6.45) is 0.730. The first-order valence-electron chi connectivity index (χ1n) is 6.21. The number of amides is 1. The van der Waals surface area contributed by atoms with Gasteiger partial charge in [-0.15, -0.1) is 0 Å². The highest BCUT2D eigenvalue weighted by Crippen LogP contribution is 2.13. The number of carboxylic acids is 1. The van der Waals surface area contributed by atoms with E-state index >= 15 is 0 Å². The lowest BCUT2D eigenvalue weighted by atomic mass is 10.0. The zero-order chi connectivity index (χ0) is 14.4. The maximum atomic E-state index is 12.3. The highest BCUT2D eigenvalue weighted by atomic mass is 16.4. The fourth-order valence-corrected chi connectivity index (χ4v) is 1.74. The second kappa shape index (κ2) is 6.89. The number of likely N-dealkylation sites (N-methyl/N-ethyl adjacent to an activating group) is 2. The molecule has 5 heteroatoms. The predicted octanol–water partition coefficient (Wildman–Crippen LogP) is 0.994. The van der Waals surface area contributed by atoms with Crippen molar-refractivity contribution >= 4 is 11.9 Å². The molecule has 1 aromatic rings. The summed E-state index contributed by atoms with van der Waals surface area (Å²) in [4.78, 5) is 24.5. The van der Waals surface area contributed by atoms with Crippen LogP contribution >= 0.6 is 0 Å². The predicted molar refractivity (Wildman–Crippen MR) is 73.3 cm³/mol. The molecule has 1 unspecified atom stereocenters. The molecule has 0 saturated carbocycles. The summed E-state index contributed by atoms with van der Waals surface area (Å²) in [5.41, 5.74) is 1.49. The standard InChI is InChI=1S/C14H20N2O3/c1-10(14(18)19)16(3)13(17)12-7-5-4-6-11(12)8-9-15-2/h4-7,10,15H,8-9H2,1-3H3,(H,18,19). The van der Waals surface area contributed by atoms with E-state index in [1.54, 1.807) is 12.1 Å². The van der Waals surface area contributed by atoms with Gasteiger partial charge in [-0.3, -0.25) is 4.79 Å². The summed E-state index contributed by atoms with van der Waals surface area (Å²) in [6.45, 7) is 2.26. The van der Waals surface area contributed by atoms with E-state index in [0.717, 1.165) is 18.5 Å². The van der Waals surface area contributed by atoms with Gasteiger partial charge in [0, 0.05) is 12.6 Å². The second-order valence-corrected chi connectivity index (χ2v) is 4.44. The van der Waals surface area contributed by atoms with Gasteiger partial charge in [-0.25, -0.2) is 4.79 Å². The number of hydrogen-bond acceptors (Lipinski definition) is 3. The molecule has 1 amide bonds. The lowest BCUT2D eigenvalue weighted by Crippen LogP contribution is -2.40. The summed E-state index contributed by atoms with van der Waals surface area (Å²) < 4.78 is 0. The summed E-state index contributed by atoms with van der Waals surface area (Å²) in [7, 11) is 3.36. The molecule has 1 rings (SSSR count). The maximum absolute atomic E-state index is 12.3. The van der Waals surface area contributed by atoms with E-state index in [1.807, 2.05) is 19.2 Å². The third-order valence-electron chi connectivity index (χ3n) is 3.15. The molecule has 5 nitrogen and oxygen atoms in total. The molecule has 1 atom stereocenters. The molecule has 0 spiro atoms. The first kappa shape index (κ1) is 15.2. The van der Waals surface area contributed by atoms with Gasteiger partial charge in [0.05, 0.1) is 0 Å². The van der Waals surface area contributed by atoms with Crippen LogP contribution < -0.4 is 5.32 Å². The monoisotopic (exact) mass is 264 g/mol. The Bertz CT molecular complexity index is 460. The Morgan fingerprint density at radius 1 is 1.37 bits per heavy atom. The zero-order valence-electron chi connectivity index (χ0n) is 11.5. The van der Waals surface area contributed by atoms with E-state index in [4.69, 9.17) is 5.11 Å². The zero-order valence-corrected chi connectivity index (χ0v) is 11.5. The van der Waals surface area contributed by atoms with Gasteiger partial charge in [-0.05, 0) is 38.6 Å². The van der Waals surface area contributed by atoms with Gasteiger partial charge in [-0.2, -0.15) is 0 Å². The summed E-state index contributed by atoms with van der Waals surface area (Å²) in [5, 5.41) is 12.0. The normalized spacial score (nSPS) is 11.9. The van der Waals surface area contributed by atoms with Crippen LogP contribution in [0.5, 0.6) is 0 Å². The molecule has 0 bridgehead atoms. The van der Waals surface area contributed by atoms with E-state index in [9.17, 15) is 9.59 Å². The Morgan fingerprint density at radius 3 is 2.58 bits per heavy atom. The van der Waals surface area contributed by atoms with Crippen LogP contribution in [0.2, 0.25) is 0 Å². The van der Waals surface area contributed by atoms with Crippen molar-refractivity contribution in [3.05, 3.63) is 35.4 Å². The number of carbonyl (C=O) groups is 2. The van der Waals surface area contributed by atoms with Gasteiger partial charge in [0.2, 0.25) is 0 Å². The van der Waals surface area contributed by atoms with Crippen LogP contribution in [0.1, 0.15) is 22.8 Å². The third kappa shape index (κ3) is 3.79. The van der Waals surface area contributed by atoms with Gasteiger partial charge in [-0.1, -0.05) is 18.2 Å². The molecule has 0 saturated heterocycles. The van der Waals surface area contributed by atoms with Gasteiger partial charge >= 0.3 is 5.97 Å². The maximum Gasteiger partial charge on any atom is 0.326 e. The van der Waals surface area contributed by atoms with Crippen LogP contribution in [0.4, 0.5) is 0 Å². The fourth-order valence-electron chi connectivity index (χ4n) is 1.74. The highest BCUT2D eigenvalue weighted by molar-refractivity contribution is 5.97. The van der Waals surface area contributed by atoms with E-state index in [0.29, 0.717) is 5.56 Å². The Labute approximate surface area is 113 Å². The molecular formula is C14H20N2O3. The quantitative estimate of drug-likeness (QED) is 0.804. The van der Waals surface area contributed by atoms with E-state index in [1.165, 1.54) is 18.9 Å². The molecule has 19 heavy (non-hydrogen) atoms. The van der Waals surface area contributed by atoms with Crippen molar-refractivity contribution in [2.75, 3.05) is 20.6 Å². The van der Waals surface area contributed by atoms with Crippen molar-refractivity contribution in [3.63, 3.8) is 0 Å². The molecule has 104 valence electrons. The van der Waals surface area contributed by atoms with Crippen LogP contribution in [-0.2, 0) is 11.2 Å². The van der Waals surface area contributed by atoms with Gasteiger partial charge in [0.25, 0.3) is 5.91 Å². The Morgan fingerprint density at radius 2 is 2.00 bits per heavy atom. The number of benzene rings is 1. The summed E-state index contributed by atoms with van der Waals surface area (Å²) >= 11 is 0. The number of aliphatic carboxylic acids is 1. The molecule has 0 aliphatic rings. The Balaban J connectivity index is 2.95. The third-order valence-corrected chi connectivity index (χ3v) is 3.15. The molecule has 1 aromatic carbocycles. The van der Waals surface area contributed by atoms with Crippen molar-refractivity contribution in [1.29, 1.82) is 0 Å². The number of carboxylic acid groups (broad SMARTS) is 1. The molecular weight excluding hydrogens is 244 g/mol. The first-order chi connectivity index (χ1) is 8.99. The second-order valence-electron chi connectivity index (χ2n) is 4.44. The topological polar surface area (TPSA) is 69.6 Å². The number of nitrogens with zero attached hydrogens (tertiary/aromatic N) is 1. The van der Waals surface area contributed by atoms with Gasteiger partial charge in [0.1, 0.15) is 6.04 Å². The van der Waals surface area contributed by atoms with Crippen LogP contribution in [0, 0.1) is 0 Å². The van der Waals surface area contributed by atoms with Crippen LogP contribution in [-0.4, -0.2) is 48.6 Å². The minimum absolute atomic E-state index is 0.262. The minimum atomic E-state index is -1.01. The highest BCUT2D eigenvalue weighted by Gasteiger charge is 2.23. The largest absolute Gasteiger partial charge is 0.480 e. The molecule has 0 aromatic heterocycles. The number of nitrogens with one attached hydrogen (secondary N) is 1. The fraction of sp³-hybridized carbons (Fsp3) is 0.429. The average molecular weight is 264 g/mol. The van der Waals surface area contributed by atoms with Crippen LogP contribution in [0.15, 0.2) is 24.3 Å². The molecule has 0 fully saturated rings. The van der Waals surface area contributed by atoms with E-state index in [2.05, 4.69) is 5.32 Å². The number of hydrogen-bond donors (Lipinski definition) is 2. The molecule has 0 aliphatic carbocycles. The van der Waals surface area contributed by atoms with Crippen LogP contribution in [0.3, 0.4) is 0 Å². The molecule has 2 N–H and O–H groups in total. The SMILES string of the molecule is CNCCc1ccccc1C(=O)N(C)C(C)C(=O)O. The van der Waals surface area contributed by atoms with Gasteiger partial charge in [0.15, 0.2) is 0 Å². The number of rotatable bonds is 6. The van der Waals surface area contributed by atoms with Crippen molar-refractivity contribution in [1.82, 2.24) is 10.2 Å². The van der Waals surface area contributed by atoms with Crippen molar-refractivity contribution in [2.45, 2.75) is 19.4 Å². The minimum Gasteiger partial charge on any atom is -0.480 e. The lowest BCUT2D eigenvalue weighted by molar-refractivity contribution is -0.141. The van der Waals surface area contributed by atoms with E-state index in [-0.39, 0.29) is 5.91 Å².